The van der Waals surface area contributed by atoms with Crippen LogP contribution in [0.3, 0.4) is 0 Å². The lowest BCUT2D eigenvalue weighted by atomic mass is 10.2. The fourth-order valence-electron chi connectivity index (χ4n) is 3.30. The Kier molecular flexibility index (Phi) is 4.58. The second-order valence-electron chi connectivity index (χ2n) is 6.73. The van der Waals surface area contributed by atoms with Crippen LogP contribution in [0.1, 0.15) is 27.6 Å². The van der Waals surface area contributed by atoms with Gasteiger partial charge in [-0.15, -0.1) is 0 Å². The first-order valence-electron chi connectivity index (χ1n) is 8.80. The predicted octanol–water partition coefficient (Wildman–Crippen LogP) is 2.61. The standard InChI is InChI=1S/C18H18F3N5O2/c1-12-9-15(18(19,20)21)26-16(22-12)10-14(23-26)17(27)25-6-4-24(5-7-25)11-13-3-2-8-28-13/h2-3,8-10H,4-7,11H2,1H3. The molecule has 0 spiro atoms. The number of carbonyl (C=O) groups is 1. The Labute approximate surface area is 158 Å². The third-order valence-corrected chi connectivity index (χ3v) is 4.68. The number of piperazine rings is 1. The van der Waals surface area contributed by atoms with E-state index in [-0.39, 0.29) is 17.0 Å². The van der Waals surface area contributed by atoms with Crippen LogP contribution in [0.25, 0.3) is 5.65 Å². The Morgan fingerprint density at radius 1 is 1.21 bits per heavy atom. The van der Waals surface area contributed by atoms with E-state index >= 15 is 0 Å². The number of halogens is 3. The van der Waals surface area contributed by atoms with Gasteiger partial charge in [-0.25, -0.2) is 9.50 Å². The van der Waals surface area contributed by atoms with Crippen LogP contribution in [-0.2, 0) is 12.7 Å². The number of hydrogen-bond acceptors (Lipinski definition) is 5. The smallest absolute Gasteiger partial charge is 0.433 e. The van der Waals surface area contributed by atoms with Gasteiger partial charge in [-0.3, -0.25) is 9.69 Å². The molecule has 1 saturated heterocycles. The zero-order chi connectivity index (χ0) is 19.9. The summed E-state index contributed by atoms with van der Waals surface area (Å²) >= 11 is 0. The van der Waals surface area contributed by atoms with Crippen molar-refractivity contribution in [1.29, 1.82) is 0 Å². The number of hydrogen-bond donors (Lipinski definition) is 0. The molecular weight excluding hydrogens is 375 g/mol. The topological polar surface area (TPSA) is 66.9 Å². The Hall–Kier alpha value is -2.88. The van der Waals surface area contributed by atoms with Gasteiger partial charge in [0.1, 0.15) is 11.5 Å². The van der Waals surface area contributed by atoms with E-state index in [1.54, 1.807) is 11.2 Å². The number of aromatic nitrogens is 3. The molecule has 148 valence electrons. The van der Waals surface area contributed by atoms with Crippen molar-refractivity contribution in [3.05, 3.63) is 53.4 Å². The van der Waals surface area contributed by atoms with Crippen LogP contribution in [0.4, 0.5) is 13.2 Å². The first-order chi connectivity index (χ1) is 13.3. The number of nitrogens with zero attached hydrogens (tertiary/aromatic N) is 5. The summed E-state index contributed by atoms with van der Waals surface area (Å²) in [7, 11) is 0. The lowest BCUT2D eigenvalue weighted by Crippen LogP contribution is -2.48. The minimum Gasteiger partial charge on any atom is -0.468 e. The molecule has 0 bridgehead atoms. The van der Waals surface area contributed by atoms with Crippen molar-refractivity contribution in [2.45, 2.75) is 19.6 Å². The van der Waals surface area contributed by atoms with Gasteiger partial charge in [0.15, 0.2) is 11.3 Å². The van der Waals surface area contributed by atoms with E-state index < -0.39 is 17.8 Å². The van der Waals surface area contributed by atoms with Gasteiger partial charge in [0.05, 0.1) is 12.8 Å². The minimum absolute atomic E-state index is 0.00660. The molecule has 0 saturated carbocycles. The van der Waals surface area contributed by atoms with Gasteiger partial charge < -0.3 is 9.32 Å². The lowest BCUT2D eigenvalue weighted by Gasteiger charge is -2.33. The average molecular weight is 393 g/mol. The predicted molar refractivity (Wildman–Crippen MR) is 92.6 cm³/mol. The van der Waals surface area contributed by atoms with Crippen molar-refractivity contribution >= 4 is 11.6 Å². The summed E-state index contributed by atoms with van der Waals surface area (Å²) < 4.78 is 45.8. The van der Waals surface area contributed by atoms with E-state index in [4.69, 9.17) is 4.42 Å². The molecule has 3 aromatic heterocycles. The summed E-state index contributed by atoms with van der Waals surface area (Å²) in [5, 5.41) is 3.89. The molecule has 0 aliphatic carbocycles. The summed E-state index contributed by atoms with van der Waals surface area (Å²) in [5.41, 5.74) is -0.766. The van der Waals surface area contributed by atoms with Gasteiger partial charge in [-0.2, -0.15) is 18.3 Å². The fraction of sp³-hybridized carbons (Fsp3) is 0.389. The number of furan rings is 1. The highest BCUT2D eigenvalue weighted by Gasteiger charge is 2.35. The van der Waals surface area contributed by atoms with Crippen LogP contribution < -0.4 is 0 Å². The van der Waals surface area contributed by atoms with Crippen LogP contribution in [0.2, 0.25) is 0 Å². The molecule has 4 rings (SSSR count). The molecule has 0 unspecified atom stereocenters. The zero-order valence-electron chi connectivity index (χ0n) is 15.1. The number of carbonyl (C=O) groups excluding carboxylic acids is 1. The Morgan fingerprint density at radius 3 is 2.61 bits per heavy atom. The number of alkyl halides is 3. The number of fused-ring (bicyclic) bond motifs is 1. The second kappa shape index (κ2) is 6.93. The average Bonchev–Trinajstić information content (AvgIpc) is 3.29. The molecule has 7 nitrogen and oxygen atoms in total. The zero-order valence-corrected chi connectivity index (χ0v) is 15.1. The molecule has 0 aromatic carbocycles. The number of aryl methyl sites for hydroxylation is 1. The minimum atomic E-state index is -4.59. The molecule has 10 heteroatoms. The van der Waals surface area contributed by atoms with E-state index in [0.29, 0.717) is 37.2 Å². The summed E-state index contributed by atoms with van der Waals surface area (Å²) in [6.45, 7) is 4.34. The molecule has 1 aliphatic heterocycles. The van der Waals surface area contributed by atoms with Crippen molar-refractivity contribution in [3.8, 4) is 0 Å². The largest absolute Gasteiger partial charge is 0.468 e. The quantitative estimate of drug-likeness (QED) is 0.684. The van der Waals surface area contributed by atoms with E-state index in [1.165, 1.54) is 13.0 Å². The molecule has 0 atom stereocenters. The van der Waals surface area contributed by atoms with Crippen LogP contribution in [0.15, 0.2) is 34.9 Å². The Bertz CT molecular complexity index is 989. The lowest BCUT2D eigenvalue weighted by molar-refractivity contribution is -0.142. The highest BCUT2D eigenvalue weighted by molar-refractivity contribution is 5.93. The van der Waals surface area contributed by atoms with Crippen molar-refractivity contribution in [2.24, 2.45) is 0 Å². The van der Waals surface area contributed by atoms with Gasteiger partial charge in [-0.1, -0.05) is 0 Å². The monoisotopic (exact) mass is 393 g/mol. The molecule has 0 N–H and O–H groups in total. The van der Waals surface area contributed by atoms with E-state index in [9.17, 15) is 18.0 Å². The maximum atomic E-state index is 13.3. The molecule has 1 amide bonds. The van der Waals surface area contributed by atoms with Crippen molar-refractivity contribution < 1.29 is 22.4 Å². The van der Waals surface area contributed by atoms with Gasteiger partial charge in [0.25, 0.3) is 5.91 Å². The van der Waals surface area contributed by atoms with Gasteiger partial charge in [0, 0.05) is 37.9 Å². The van der Waals surface area contributed by atoms with E-state index in [2.05, 4.69) is 15.0 Å². The summed E-state index contributed by atoms with van der Waals surface area (Å²) in [4.78, 5) is 20.6. The van der Waals surface area contributed by atoms with Crippen molar-refractivity contribution in [3.63, 3.8) is 0 Å². The summed E-state index contributed by atoms with van der Waals surface area (Å²) in [6, 6.07) is 5.94. The molecule has 3 aromatic rings. The molecule has 28 heavy (non-hydrogen) atoms. The number of amides is 1. The first-order valence-corrected chi connectivity index (χ1v) is 8.80. The van der Waals surface area contributed by atoms with Crippen molar-refractivity contribution in [2.75, 3.05) is 26.2 Å². The Balaban J connectivity index is 1.50. The van der Waals surface area contributed by atoms with Gasteiger partial charge >= 0.3 is 6.18 Å². The van der Waals surface area contributed by atoms with Gasteiger partial charge in [0.2, 0.25) is 0 Å². The van der Waals surface area contributed by atoms with Crippen LogP contribution >= 0.6 is 0 Å². The van der Waals surface area contributed by atoms with Crippen LogP contribution in [0, 0.1) is 6.92 Å². The third kappa shape index (κ3) is 3.59. The SMILES string of the molecule is Cc1cc(C(F)(F)F)n2nc(C(=O)N3CCN(Cc4ccco4)CC3)cc2n1. The first kappa shape index (κ1) is 18.5. The van der Waals surface area contributed by atoms with Gasteiger partial charge in [-0.05, 0) is 25.1 Å². The normalized spacial score (nSPS) is 16.1. The summed E-state index contributed by atoms with van der Waals surface area (Å²) in [5.74, 6) is 0.454. The fourth-order valence-corrected chi connectivity index (χ4v) is 3.30. The van der Waals surface area contributed by atoms with Crippen LogP contribution in [0.5, 0.6) is 0 Å². The summed E-state index contributed by atoms with van der Waals surface area (Å²) in [6.07, 6.45) is -2.97. The van der Waals surface area contributed by atoms with E-state index in [1.807, 2.05) is 12.1 Å². The maximum absolute atomic E-state index is 13.3. The maximum Gasteiger partial charge on any atom is 0.433 e. The van der Waals surface area contributed by atoms with Crippen molar-refractivity contribution in [1.82, 2.24) is 24.4 Å². The highest BCUT2D eigenvalue weighted by Crippen LogP contribution is 2.30. The van der Waals surface area contributed by atoms with E-state index in [0.717, 1.165) is 11.8 Å². The van der Waals surface area contributed by atoms with Crippen LogP contribution in [-0.4, -0.2) is 56.5 Å². The third-order valence-electron chi connectivity index (χ3n) is 4.68. The molecule has 1 aliphatic rings. The molecule has 4 heterocycles. The molecule has 0 radical (unpaired) electrons. The number of rotatable bonds is 3. The Morgan fingerprint density at radius 2 is 1.96 bits per heavy atom. The molecular formula is C18H18F3N5O2. The second-order valence-corrected chi connectivity index (χ2v) is 6.73. The highest BCUT2D eigenvalue weighted by atomic mass is 19.4. The molecule has 1 fully saturated rings.